The molecule has 0 saturated carbocycles. The second-order valence-corrected chi connectivity index (χ2v) is 23.1. The van der Waals surface area contributed by atoms with E-state index in [2.05, 4.69) is 77.5 Å². The number of hydrogen-bond donors (Lipinski definition) is 0. The van der Waals surface area contributed by atoms with Crippen LogP contribution in [0.5, 0.6) is 0 Å². The van der Waals surface area contributed by atoms with E-state index in [0.29, 0.717) is 11.5 Å². The topological polar surface area (TPSA) is 38.9 Å². The minimum atomic E-state index is -1.72. The molecule has 3 nitrogen and oxygen atoms in total. The number of furan rings is 1. The fraction of sp³-hybridized carbons (Fsp3) is 0.150. The van der Waals surface area contributed by atoms with E-state index in [1.54, 1.807) is 12.1 Å². The van der Waals surface area contributed by atoms with E-state index in [-0.39, 0.29) is 25.9 Å². The van der Waals surface area contributed by atoms with Crippen LogP contribution in [0.25, 0.3) is 55.6 Å². The summed E-state index contributed by atoms with van der Waals surface area (Å²) in [5.41, 5.74) is 8.57. The second kappa shape index (κ2) is 14.3. The molecule has 1 radical (unpaired) electrons. The number of rotatable bonds is 5. The minimum Gasteiger partial charge on any atom is 0 e. The molecule has 0 amide bonds. The quantitative estimate of drug-likeness (QED) is 0.128. The number of halogens is 1. The van der Waals surface area contributed by atoms with Gasteiger partial charge in [0, 0.05) is 26.3 Å². The summed E-state index contributed by atoms with van der Waals surface area (Å²) in [6, 6.07) is 39.6. The summed E-state index contributed by atoms with van der Waals surface area (Å²) < 4.78 is 20.9. The summed E-state index contributed by atoms with van der Waals surface area (Å²) >= 11 is -1.72. The summed E-state index contributed by atoms with van der Waals surface area (Å²) in [4.78, 5) is 9.05. The van der Waals surface area contributed by atoms with E-state index < -0.39 is 13.3 Å². The van der Waals surface area contributed by atoms with Crippen LogP contribution in [0.15, 0.2) is 120 Å². The van der Waals surface area contributed by atoms with E-state index in [9.17, 15) is 4.39 Å². The van der Waals surface area contributed by atoms with Crippen LogP contribution in [-0.4, -0.2) is 23.2 Å². The molecule has 0 bridgehead atoms. The fourth-order valence-electron chi connectivity index (χ4n) is 5.28. The number of nitrogens with zero attached hydrogens (tertiary/aromatic N) is 2. The van der Waals surface area contributed by atoms with E-state index in [4.69, 9.17) is 4.42 Å². The Balaban J connectivity index is 0.000000209. The van der Waals surface area contributed by atoms with Gasteiger partial charge in [-0.2, -0.15) is 0 Å². The molecule has 4 aromatic carbocycles. The number of hydrogen-bond acceptors (Lipinski definition) is 3. The fourth-order valence-corrected chi connectivity index (χ4v) is 7.45. The van der Waals surface area contributed by atoms with Crippen molar-refractivity contribution in [1.29, 1.82) is 0 Å². The maximum absolute atomic E-state index is 13.4. The smallest absolute Gasteiger partial charge is 0 e. The van der Waals surface area contributed by atoms with Gasteiger partial charge in [-0.05, 0) is 52.4 Å². The third-order valence-corrected chi connectivity index (χ3v) is 12.2. The van der Waals surface area contributed by atoms with Gasteiger partial charge in [0.05, 0.1) is 5.58 Å². The molecule has 0 saturated heterocycles. The normalized spacial score (nSPS) is 11.3. The molecular formula is C40H35FGeIrN2O-2. The van der Waals surface area contributed by atoms with Crippen molar-refractivity contribution in [3.05, 3.63) is 139 Å². The third kappa shape index (κ3) is 7.39. The monoisotopic (exact) mass is 845 g/mol. The van der Waals surface area contributed by atoms with Crippen molar-refractivity contribution in [2.24, 2.45) is 0 Å². The number of benzene rings is 4. The van der Waals surface area contributed by atoms with Crippen molar-refractivity contribution in [3.63, 3.8) is 0 Å². The van der Waals surface area contributed by atoms with E-state index in [0.717, 1.165) is 50.0 Å². The molecular weight excluding hydrogens is 808 g/mol. The zero-order chi connectivity index (χ0) is 31.6. The largest absolute Gasteiger partial charge is 0 e. The van der Waals surface area contributed by atoms with Gasteiger partial charge in [0.25, 0.3) is 0 Å². The predicted molar refractivity (Wildman–Crippen MR) is 187 cm³/mol. The minimum absolute atomic E-state index is 0. The van der Waals surface area contributed by atoms with Gasteiger partial charge in [-0.3, -0.25) is 0 Å². The summed E-state index contributed by atoms with van der Waals surface area (Å²) in [6.45, 7) is 4.34. The zero-order valence-electron chi connectivity index (χ0n) is 26.6. The zero-order valence-corrected chi connectivity index (χ0v) is 31.1. The van der Waals surface area contributed by atoms with Gasteiger partial charge in [0.1, 0.15) is 11.4 Å². The maximum Gasteiger partial charge on any atom is 0 e. The molecule has 3 aromatic heterocycles. The van der Waals surface area contributed by atoms with Crippen LogP contribution in [0.2, 0.25) is 17.3 Å². The molecule has 0 N–H and O–H groups in total. The van der Waals surface area contributed by atoms with Crippen molar-refractivity contribution >= 4 is 39.6 Å². The summed E-state index contributed by atoms with van der Waals surface area (Å²) in [7, 11) is 0. The van der Waals surface area contributed by atoms with E-state index >= 15 is 0 Å². The van der Waals surface area contributed by atoms with E-state index in [1.807, 2.05) is 67.0 Å². The van der Waals surface area contributed by atoms with Crippen LogP contribution in [0, 0.1) is 17.9 Å². The molecule has 0 aliphatic carbocycles. The van der Waals surface area contributed by atoms with Gasteiger partial charge in [0.2, 0.25) is 0 Å². The summed E-state index contributed by atoms with van der Waals surface area (Å²) in [5.74, 6) is 7.33. The van der Waals surface area contributed by atoms with Crippen LogP contribution < -0.4 is 4.40 Å². The molecule has 0 fully saturated rings. The Morgan fingerprint density at radius 2 is 1.59 bits per heavy atom. The molecule has 6 heteroatoms. The van der Waals surface area contributed by atoms with Crippen LogP contribution in [0.3, 0.4) is 0 Å². The molecule has 46 heavy (non-hydrogen) atoms. The Bertz CT molecular complexity index is 2070. The van der Waals surface area contributed by atoms with Gasteiger partial charge >= 0.3 is 99.8 Å². The number of aromatic nitrogens is 2. The van der Waals surface area contributed by atoms with Gasteiger partial charge < -0.3 is 9.40 Å². The molecule has 0 spiro atoms. The SMILES string of the molecule is CC(C)c1ccnc(-c2[c-]c3oc4cccc(-c5ccc(F)cc5)c4c3cc2)c1.[CH3][Ge]([CH3])([CH3])[c]1ccc(-c2[c-]cccc2)nc1.[Ir]. The number of fused-ring (bicyclic) bond motifs is 3. The van der Waals surface area contributed by atoms with Crippen molar-refractivity contribution in [1.82, 2.24) is 9.97 Å². The molecule has 0 aliphatic rings. The van der Waals surface area contributed by atoms with Crippen LogP contribution in [0.4, 0.5) is 4.39 Å². The molecule has 0 aliphatic heterocycles. The Morgan fingerprint density at radius 1 is 0.783 bits per heavy atom. The molecule has 7 rings (SSSR count). The molecule has 233 valence electrons. The van der Waals surface area contributed by atoms with Gasteiger partial charge in [-0.15, -0.1) is 17.7 Å². The van der Waals surface area contributed by atoms with Gasteiger partial charge in [0.15, 0.2) is 0 Å². The van der Waals surface area contributed by atoms with Gasteiger partial charge in [-0.1, -0.05) is 61.2 Å². The first-order chi connectivity index (χ1) is 21.7. The summed E-state index contributed by atoms with van der Waals surface area (Å²) in [6.07, 6.45) is 3.88. The van der Waals surface area contributed by atoms with Crippen LogP contribution >= 0.6 is 0 Å². The Kier molecular flexibility index (Phi) is 10.4. The molecule has 0 unspecified atom stereocenters. The average molecular weight is 844 g/mol. The second-order valence-electron chi connectivity index (χ2n) is 12.5. The Morgan fingerprint density at radius 3 is 2.26 bits per heavy atom. The molecule has 0 atom stereocenters. The van der Waals surface area contributed by atoms with Crippen LogP contribution in [-0.2, 0) is 20.1 Å². The average Bonchev–Trinajstić information content (AvgIpc) is 3.44. The third-order valence-electron chi connectivity index (χ3n) is 7.91. The Labute approximate surface area is 286 Å². The van der Waals surface area contributed by atoms with E-state index in [1.165, 1.54) is 22.1 Å². The predicted octanol–water partition coefficient (Wildman–Crippen LogP) is 10.5. The Hall–Kier alpha value is -3.90. The van der Waals surface area contributed by atoms with Crippen LogP contribution in [0.1, 0.15) is 25.3 Å². The first-order valence-corrected chi connectivity index (χ1v) is 22.5. The van der Waals surface area contributed by atoms with Crippen molar-refractivity contribution in [2.75, 3.05) is 0 Å². The molecule has 7 aromatic rings. The van der Waals surface area contributed by atoms with Gasteiger partial charge in [-0.25, -0.2) is 4.39 Å². The first-order valence-electron chi connectivity index (χ1n) is 15.2. The number of pyridine rings is 2. The van der Waals surface area contributed by atoms with Crippen molar-refractivity contribution < 1.29 is 28.9 Å². The van der Waals surface area contributed by atoms with Crippen molar-refractivity contribution in [2.45, 2.75) is 37.0 Å². The maximum atomic E-state index is 13.4. The first kappa shape index (κ1) is 33.5. The summed E-state index contributed by atoms with van der Waals surface area (Å²) in [5, 5.41) is 2.00. The van der Waals surface area contributed by atoms with Crippen molar-refractivity contribution in [3.8, 4) is 33.6 Å². The molecule has 3 heterocycles. The standard InChI is InChI=1S/C26H19FNO.C14H16GeN.Ir/c1-16(2)18-12-13-28-23(14-18)19-8-11-22-25(15-19)29-24-5-3-4-21(26(22)24)17-6-9-20(27)10-7-17;1-15(2,3)13-9-10-14(16-11-13)12-7-5-4-6-8-12;/h3-14,16H,1-2H3;4-7,9-11H,1-3H3;/q2*-1;.